The van der Waals surface area contributed by atoms with Crippen LogP contribution in [0.5, 0.6) is 0 Å². The molecular weight excluding hydrogens is 366 g/mol. The van der Waals surface area contributed by atoms with Gasteiger partial charge in [0.25, 0.3) is 0 Å². The van der Waals surface area contributed by atoms with Crippen molar-refractivity contribution in [3.8, 4) is 0 Å². The van der Waals surface area contributed by atoms with Crippen molar-refractivity contribution in [1.29, 1.82) is 0 Å². The van der Waals surface area contributed by atoms with E-state index in [1.165, 1.54) is 6.92 Å². The van der Waals surface area contributed by atoms with E-state index < -0.39 is 21.8 Å². The third kappa shape index (κ3) is 7.10. The van der Waals surface area contributed by atoms with Crippen molar-refractivity contribution >= 4 is 33.2 Å². The summed E-state index contributed by atoms with van der Waals surface area (Å²) in [6.45, 7) is 3.17. The molecule has 0 spiro atoms. The molecule has 27 heavy (non-hydrogen) atoms. The second-order valence-corrected chi connectivity index (χ2v) is 8.05. The Hall–Kier alpha value is -2.87. The Balaban J connectivity index is 1.81. The van der Waals surface area contributed by atoms with E-state index in [0.29, 0.717) is 11.4 Å². The molecule has 2 aromatic rings. The van der Waals surface area contributed by atoms with E-state index in [1.807, 2.05) is 13.0 Å². The van der Waals surface area contributed by atoms with Gasteiger partial charge in [0.15, 0.2) is 0 Å². The van der Waals surface area contributed by atoms with Gasteiger partial charge in [-0.1, -0.05) is 42.8 Å². The zero-order valence-corrected chi connectivity index (χ0v) is 16.0. The van der Waals surface area contributed by atoms with Crippen molar-refractivity contribution in [2.75, 3.05) is 22.3 Å². The van der Waals surface area contributed by atoms with Crippen molar-refractivity contribution in [1.82, 2.24) is 5.32 Å². The molecule has 2 amide bonds. The maximum Gasteiger partial charge on any atom is 0.243 e. The number of carbonyl (C=O) groups excluding carboxylic acids is 2. The number of para-hydroxylation sites is 1. The molecule has 8 heteroatoms. The number of rotatable bonds is 8. The molecule has 0 fully saturated rings. The highest BCUT2D eigenvalue weighted by atomic mass is 32.2. The van der Waals surface area contributed by atoms with E-state index in [1.54, 1.807) is 48.5 Å². The second kappa shape index (κ2) is 9.18. The average molecular weight is 389 g/mol. The molecule has 2 aromatic carbocycles. The summed E-state index contributed by atoms with van der Waals surface area (Å²) in [7, 11) is -3.69. The molecule has 1 unspecified atom stereocenters. The van der Waals surface area contributed by atoms with Crippen LogP contribution in [0.3, 0.4) is 0 Å². The first kappa shape index (κ1) is 20.4. The molecule has 0 aromatic heterocycles. The Kier molecular flexibility index (Phi) is 6.95. The quantitative estimate of drug-likeness (QED) is 0.643. The summed E-state index contributed by atoms with van der Waals surface area (Å²) >= 11 is 0. The fraction of sp³-hybridized carbons (Fsp3) is 0.263. The maximum atomic E-state index is 12.2. The monoisotopic (exact) mass is 389 g/mol. The van der Waals surface area contributed by atoms with Crippen LogP contribution in [0.2, 0.25) is 0 Å². The van der Waals surface area contributed by atoms with Crippen LogP contribution in [-0.2, 0) is 19.6 Å². The van der Waals surface area contributed by atoms with Crippen LogP contribution in [0, 0.1) is 12.8 Å². The van der Waals surface area contributed by atoms with Crippen LogP contribution in [0.15, 0.2) is 54.6 Å². The fourth-order valence-electron chi connectivity index (χ4n) is 2.32. The number of hydrogen-bond donors (Lipinski definition) is 3. The molecular formula is C19H23N3O4S. The Labute approximate surface area is 159 Å². The summed E-state index contributed by atoms with van der Waals surface area (Å²) in [5.74, 6) is -2.08. The first-order valence-electron chi connectivity index (χ1n) is 8.45. The predicted octanol–water partition coefficient (Wildman–Crippen LogP) is 2.13. The van der Waals surface area contributed by atoms with Crippen LogP contribution < -0.4 is 15.4 Å². The Morgan fingerprint density at radius 1 is 0.963 bits per heavy atom. The number of benzene rings is 2. The van der Waals surface area contributed by atoms with E-state index in [0.717, 1.165) is 5.56 Å². The number of carbonyl (C=O) groups is 2. The highest BCUT2D eigenvalue weighted by Gasteiger charge is 2.22. The molecule has 144 valence electrons. The first-order chi connectivity index (χ1) is 12.7. The zero-order valence-electron chi connectivity index (χ0n) is 15.2. The highest BCUT2D eigenvalue weighted by Crippen LogP contribution is 2.12. The van der Waals surface area contributed by atoms with E-state index in [-0.39, 0.29) is 18.2 Å². The molecule has 0 aliphatic rings. The van der Waals surface area contributed by atoms with Gasteiger partial charge in [-0.3, -0.25) is 14.3 Å². The van der Waals surface area contributed by atoms with Crippen molar-refractivity contribution in [3.05, 3.63) is 60.2 Å². The predicted molar refractivity (Wildman–Crippen MR) is 106 cm³/mol. The summed E-state index contributed by atoms with van der Waals surface area (Å²) in [6, 6.07) is 15.7. The number of amides is 2. The standard InChI is InChI=1S/C19H23N3O4S/c1-14-8-10-17(11-9-14)22-27(25,26)13-15(2)19(24)20-12-18(23)21-16-6-4-3-5-7-16/h3-11,15,22H,12-13H2,1-2H3,(H,20,24)(H,21,23). The lowest BCUT2D eigenvalue weighted by Gasteiger charge is -2.14. The molecule has 0 radical (unpaired) electrons. The van der Waals surface area contributed by atoms with Crippen molar-refractivity contribution in [2.45, 2.75) is 13.8 Å². The van der Waals surface area contributed by atoms with Gasteiger partial charge in [0, 0.05) is 11.4 Å². The Morgan fingerprint density at radius 2 is 1.59 bits per heavy atom. The van der Waals surface area contributed by atoms with Gasteiger partial charge in [-0.15, -0.1) is 0 Å². The lowest BCUT2D eigenvalue weighted by atomic mass is 10.2. The van der Waals surface area contributed by atoms with Gasteiger partial charge in [-0.25, -0.2) is 8.42 Å². The van der Waals surface area contributed by atoms with Crippen LogP contribution in [0.1, 0.15) is 12.5 Å². The minimum Gasteiger partial charge on any atom is -0.347 e. The van der Waals surface area contributed by atoms with Crippen molar-refractivity contribution in [2.24, 2.45) is 5.92 Å². The molecule has 0 saturated carbocycles. The SMILES string of the molecule is Cc1ccc(NS(=O)(=O)CC(C)C(=O)NCC(=O)Nc2ccccc2)cc1. The zero-order chi connectivity index (χ0) is 19.9. The van der Waals surface area contributed by atoms with Gasteiger partial charge in [0.1, 0.15) is 0 Å². The number of aryl methyl sites for hydroxylation is 1. The molecule has 0 bridgehead atoms. The van der Waals surface area contributed by atoms with Crippen LogP contribution in [0.4, 0.5) is 11.4 Å². The van der Waals surface area contributed by atoms with Crippen molar-refractivity contribution < 1.29 is 18.0 Å². The Bertz CT molecular complexity index is 881. The summed E-state index contributed by atoms with van der Waals surface area (Å²) < 4.78 is 26.9. The topological polar surface area (TPSA) is 104 Å². The van der Waals surface area contributed by atoms with E-state index >= 15 is 0 Å². The third-order valence-corrected chi connectivity index (χ3v) is 5.21. The van der Waals surface area contributed by atoms with Crippen LogP contribution in [0.25, 0.3) is 0 Å². The summed E-state index contributed by atoms with van der Waals surface area (Å²) in [6.07, 6.45) is 0. The van der Waals surface area contributed by atoms with E-state index in [9.17, 15) is 18.0 Å². The van der Waals surface area contributed by atoms with Gasteiger partial charge >= 0.3 is 0 Å². The molecule has 3 N–H and O–H groups in total. The first-order valence-corrected chi connectivity index (χ1v) is 10.1. The minimum absolute atomic E-state index is 0.233. The lowest BCUT2D eigenvalue weighted by molar-refractivity contribution is -0.126. The van der Waals surface area contributed by atoms with E-state index in [4.69, 9.17) is 0 Å². The Morgan fingerprint density at radius 3 is 2.22 bits per heavy atom. The van der Waals surface area contributed by atoms with Gasteiger partial charge in [0.2, 0.25) is 21.8 Å². The van der Waals surface area contributed by atoms with E-state index in [2.05, 4.69) is 15.4 Å². The second-order valence-electron chi connectivity index (χ2n) is 6.28. The van der Waals surface area contributed by atoms with Gasteiger partial charge in [-0.05, 0) is 31.2 Å². The summed E-state index contributed by atoms with van der Waals surface area (Å²) in [4.78, 5) is 23.9. The number of nitrogens with one attached hydrogen (secondary N) is 3. The molecule has 7 nitrogen and oxygen atoms in total. The lowest BCUT2D eigenvalue weighted by Crippen LogP contribution is -2.38. The van der Waals surface area contributed by atoms with Crippen molar-refractivity contribution in [3.63, 3.8) is 0 Å². The third-order valence-electron chi connectivity index (χ3n) is 3.72. The highest BCUT2D eigenvalue weighted by molar-refractivity contribution is 7.92. The number of anilines is 2. The average Bonchev–Trinajstić information content (AvgIpc) is 2.62. The summed E-state index contributed by atoms with van der Waals surface area (Å²) in [5, 5.41) is 5.09. The minimum atomic E-state index is -3.69. The molecule has 2 rings (SSSR count). The molecule has 0 aliphatic heterocycles. The number of hydrogen-bond acceptors (Lipinski definition) is 4. The largest absolute Gasteiger partial charge is 0.347 e. The number of sulfonamides is 1. The van der Waals surface area contributed by atoms with Crippen LogP contribution >= 0.6 is 0 Å². The van der Waals surface area contributed by atoms with Crippen LogP contribution in [-0.4, -0.2) is 32.5 Å². The maximum absolute atomic E-state index is 12.2. The van der Waals surface area contributed by atoms with Gasteiger partial charge < -0.3 is 10.6 Å². The molecule has 1 atom stereocenters. The summed E-state index contributed by atoms with van der Waals surface area (Å²) in [5.41, 5.74) is 2.07. The van der Waals surface area contributed by atoms with Gasteiger partial charge in [-0.2, -0.15) is 0 Å². The fourth-order valence-corrected chi connectivity index (χ4v) is 3.70. The van der Waals surface area contributed by atoms with Gasteiger partial charge in [0.05, 0.1) is 18.2 Å². The molecule has 0 heterocycles. The molecule has 0 saturated heterocycles. The smallest absolute Gasteiger partial charge is 0.243 e. The molecule has 0 aliphatic carbocycles. The normalized spacial score (nSPS) is 12.1.